The molecule has 0 atom stereocenters. The van der Waals surface area contributed by atoms with Gasteiger partial charge in [0.1, 0.15) is 84.1 Å². The van der Waals surface area contributed by atoms with E-state index in [9.17, 15) is 55.1 Å². The first-order chi connectivity index (χ1) is 35.7. The number of rotatable bonds is 8. The molecular formula is C48H26Cl2F12N6O8. The fourth-order valence-corrected chi connectivity index (χ4v) is 7.92. The Kier molecular flexibility index (Phi) is 14.6. The smallest absolute Gasteiger partial charge is 0.416 e. The van der Waals surface area contributed by atoms with Crippen molar-refractivity contribution in [3.8, 4) is 23.0 Å². The molecule has 0 saturated carbocycles. The Bertz CT molecular complexity index is 3140. The summed E-state index contributed by atoms with van der Waals surface area (Å²) in [6, 6.07) is 9.58. The van der Waals surface area contributed by atoms with E-state index in [-0.39, 0.29) is 9.80 Å². The van der Waals surface area contributed by atoms with Crippen molar-refractivity contribution in [3.05, 3.63) is 176 Å². The van der Waals surface area contributed by atoms with Crippen molar-refractivity contribution in [1.29, 1.82) is 0 Å². The Morgan fingerprint density at radius 3 is 1.09 bits per heavy atom. The first-order valence-corrected chi connectivity index (χ1v) is 21.9. The number of urea groups is 2. The van der Waals surface area contributed by atoms with Crippen molar-refractivity contribution in [3.63, 3.8) is 0 Å². The highest BCUT2D eigenvalue weighted by Crippen LogP contribution is 2.40. The summed E-state index contributed by atoms with van der Waals surface area (Å²) in [6.45, 7) is -5.04. The number of benzene rings is 6. The second kappa shape index (κ2) is 20.7. The summed E-state index contributed by atoms with van der Waals surface area (Å²) in [5, 5.41) is -1.13. The Balaban J connectivity index is 1.13. The number of imide groups is 2. The third kappa shape index (κ3) is 10.7. The van der Waals surface area contributed by atoms with E-state index in [1.165, 1.54) is 0 Å². The lowest BCUT2D eigenvalue weighted by atomic mass is 10.1. The molecule has 14 nitrogen and oxygen atoms in total. The van der Waals surface area contributed by atoms with Crippen molar-refractivity contribution in [1.82, 2.24) is 19.6 Å². The van der Waals surface area contributed by atoms with Crippen molar-refractivity contribution < 1.29 is 90.9 Å². The van der Waals surface area contributed by atoms with Crippen LogP contribution in [0.5, 0.6) is 23.0 Å². The molecule has 28 heteroatoms. The lowest BCUT2D eigenvalue weighted by molar-refractivity contribution is -0.154. The van der Waals surface area contributed by atoms with Gasteiger partial charge >= 0.3 is 36.2 Å². The van der Waals surface area contributed by atoms with Crippen LogP contribution in [0.4, 0.5) is 73.6 Å². The number of ether oxygens (including phenoxy) is 2. The van der Waals surface area contributed by atoms with Gasteiger partial charge in [0, 0.05) is 12.1 Å². The zero-order valence-electron chi connectivity index (χ0n) is 37.5. The third-order valence-electron chi connectivity index (χ3n) is 11.2. The molecule has 394 valence electrons. The van der Waals surface area contributed by atoms with E-state index in [1.807, 2.05) is 0 Å². The predicted octanol–water partition coefficient (Wildman–Crippen LogP) is 11.8. The fourth-order valence-electron chi connectivity index (χ4n) is 7.48. The summed E-state index contributed by atoms with van der Waals surface area (Å²) in [6.07, 6.45) is -9.60. The highest BCUT2D eigenvalue weighted by Gasteiger charge is 2.46. The van der Waals surface area contributed by atoms with Crippen LogP contribution in [0.1, 0.15) is 31.8 Å². The average Bonchev–Trinajstić information content (AvgIpc) is 3.35. The molecule has 8 amide bonds. The van der Waals surface area contributed by atoms with Gasteiger partial charge in [-0.2, -0.15) is 26.3 Å². The second-order valence-corrected chi connectivity index (χ2v) is 16.9. The SMILES string of the molecule is O=C(C(=O)N1CN(C(=O)c2c(F)cccc2F)C(=O)N(c2ccc(Oc3ccc(C(F)(F)F)cc3Cl)cc2F)C1)N1CN(C(=O)c2c(F)cccc2F)C(=O)N(c2ccc(Oc3ccc(C(F)(F)F)cc3Cl)cc2F)C1. The third-order valence-corrected chi connectivity index (χ3v) is 11.8. The topological polar surface area (TPSA) is 140 Å². The molecule has 0 aromatic heterocycles. The molecule has 76 heavy (non-hydrogen) atoms. The van der Waals surface area contributed by atoms with Crippen LogP contribution >= 0.6 is 23.2 Å². The largest absolute Gasteiger partial charge is 0.456 e. The summed E-state index contributed by atoms with van der Waals surface area (Å²) in [7, 11) is 0. The number of nitrogens with zero attached hydrogens (tertiary/aromatic N) is 6. The maximum atomic E-state index is 16.1. The Hall–Kier alpha value is -8.52. The maximum absolute atomic E-state index is 16.1. The van der Waals surface area contributed by atoms with E-state index in [0.29, 0.717) is 80.3 Å². The molecule has 0 spiro atoms. The average molecular weight is 1110 g/mol. The molecule has 6 aromatic carbocycles. The zero-order chi connectivity index (χ0) is 55.3. The lowest BCUT2D eigenvalue weighted by Gasteiger charge is -2.43. The van der Waals surface area contributed by atoms with Crippen LogP contribution in [0, 0.1) is 34.9 Å². The molecule has 6 aromatic rings. The molecule has 2 aliphatic heterocycles. The van der Waals surface area contributed by atoms with Crippen molar-refractivity contribution in [2.24, 2.45) is 0 Å². The summed E-state index contributed by atoms with van der Waals surface area (Å²) in [4.78, 5) is 85.9. The number of halogens is 14. The van der Waals surface area contributed by atoms with Gasteiger partial charge in [0.05, 0.1) is 32.5 Å². The van der Waals surface area contributed by atoms with Crippen LogP contribution in [0.2, 0.25) is 10.0 Å². The van der Waals surface area contributed by atoms with Crippen molar-refractivity contribution >= 4 is 70.3 Å². The summed E-state index contributed by atoms with van der Waals surface area (Å²) < 4.78 is 183. The molecule has 0 N–H and O–H groups in total. The predicted molar refractivity (Wildman–Crippen MR) is 240 cm³/mol. The van der Waals surface area contributed by atoms with Gasteiger partial charge in [-0.25, -0.2) is 45.7 Å². The van der Waals surface area contributed by atoms with Crippen LogP contribution in [-0.2, 0) is 21.9 Å². The molecule has 0 bridgehead atoms. The molecule has 2 aliphatic rings. The minimum Gasteiger partial charge on any atom is -0.456 e. The van der Waals surface area contributed by atoms with E-state index in [4.69, 9.17) is 32.7 Å². The molecule has 2 saturated heterocycles. The molecule has 2 fully saturated rings. The highest BCUT2D eigenvalue weighted by molar-refractivity contribution is 6.35. The molecule has 0 unspecified atom stereocenters. The summed E-state index contributed by atoms with van der Waals surface area (Å²) in [5.74, 6) is -17.8. The number of carbonyl (C=O) groups excluding carboxylic acids is 6. The van der Waals surface area contributed by atoms with Crippen LogP contribution in [0.15, 0.2) is 109 Å². The number of amides is 8. The zero-order valence-corrected chi connectivity index (χ0v) is 39.0. The minimum absolute atomic E-state index is 0.0156. The molecule has 2 heterocycles. The van der Waals surface area contributed by atoms with Gasteiger partial charge in [-0.15, -0.1) is 0 Å². The minimum atomic E-state index is -4.80. The van der Waals surface area contributed by atoms with Gasteiger partial charge in [-0.3, -0.25) is 38.8 Å². The van der Waals surface area contributed by atoms with Crippen LogP contribution < -0.4 is 19.3 Å². The number of anilines is 2. The van der Waals surface area contributed by atoms with Crippen molar-refractivity contribution in [2.75, 3.05) is 36.5 Å². The maximum Gasteiger partial charge on any atom is 0.416 e. The Morgan fingerprint density at radius 1 is 0.447 bits per heavy atom. The standard InChI is InChI=1S/C48H26Cl2F12N6O8/c49-27-15-23(47(57,58)59)7-13-37(27)75-25-9-11-35(33(55)17-25)65-19-63(21-67(45(65)73)41(69)39-29(51)3-1-4-30(39)52)43(71)44(72)64-20-66(46(74)68(22-64)42(70)40-31(53)5-2-6-32(40)54)36-12-10-26(18-34(36)56)76-38-14-8-24(16-28(38)50)48(60,61)62/h1-18H,19-22H2. The van der Waals surface area contributed by atoms with E-state index >= 15 is 26.3 Å². The van der Waals surface area contributed by atoms with Gasteiger partial charge in [0.2, 0.25) is 0 Å². The van der Waals surface area contributed by atoms with E-state index in [2.05, 4.69) is 0 Å². The molecule has 0 radical (unpaired) electrons. The Morgan fingerprint density at radius 2 is 0.789 bits per heavy atom. The normalized spacial score (nSPS) is 14.3. The summed E-state index contributed by atoms with van der Waals surface area (Å²) >= 11 is 11.9. The molecule has 0 aliphatic carbocycles. The fraction of sp³-hybridized carbons (Fsp3) is 0.125. The Labute approximate surface area is 427 Å². The number of carbonyl (C=O) groups is 6. The second-order valence-electron chi connectivity index (χ2n) is 16.1. The van der Waals surface area contributed by atoms with Gasteiger partial charge < -0.3 is 9.47 Å². The molecule has 8 rings (SSSR count). The van der Waals surface area contributed by atoms with E-state index in [0.717, 1.165) is 48.5 Å². The van der Waals surface area contributed by atoms with Crippen molar-refractivity contribution in [2.45, 2.75) is 12.4 Å². The first kappa shape index (κ1) is 53.8. The quantitative estimate of drug-likeness (QED) is 0.108. The van der Waals surface area contributed by atoms with E-state index in [1.54, 1.807) is 0 Å². The summed E-state index contributed by atoms with van der Waals surface area (Å²) in [5.41, 5.74) is -6.69. The van der Waals surface area contributed by atoms with Crippen LogP contribution in [0.25, 0.3) is 0 Å². The number of hydrogen-bond acceptors (Lipinski definition) is 8. The molecular weight excluding hydrogens is 1090 g/mol. The number of hydrogen-bond donors (Lipinski definition) is 0. The number of alkyl halides is 6. The van der Waals surface area contributed by atoms with Crippen LogP contribution in [0.3, 0.4) is 0 Å². The van der Waals surface area contributed by atoms with Gasteiger partial charge in [0.25, 0.3) is 11.8 Å². The highest BCUT2D eigenvalue weighted by atomic mass is 35.5. The van der Waals surface area contributed by atoms with Gasteiger partial charge in [-0.1, -0.05) is 35.3 Å². The van der Waals surface area contributed by atoms with Gasteiger partial charge in [-0.05, 0) is 84.9 Å². The first-order valence-electron chi connectivity index (χ1n) is 21.1. The lowest BCUT2D eigenvalue weighted by Crippen LogP contribution is -2.66. The van der Waals surface area contributed by atoms with Crippen LogP contribution in [-0.4, -0.2) is 82.0 Å². The monoisotopic (exact) mass is 1110 g/mol. The van der Waals surface area contributed by atoms with Gasteiger partial charge in [0.15, 0.2) is 11.6 Å². The van der Waals surface area contributed by atoms with E-state index < -0.39 is 176 Å².